The molecule has 2 aliphatic carbocycles. The van der Waals surface area contributed by atoms with Crippen LogP contribution in [-0.2, 0) is 4.79 Å². The summed E-state index contributed by atoms with van der Waals surface area (Å²) in [6.45, 7) is 4.53. The first-order valence-corrected chi connectivity index (χ1v) is 7.64. The van der Waals surface area contributed by atoms with Crippen LogP contribution in [-0.4, -0.2) is 29.2 Å². The van der Waals surface area contributed by atoms with Gasteiger partial charge >= 0.3 is 12.0 Å². The molecule has 2 aliphatic rings. The van der Waals surface area contributed by atoms with E-state index in [9.17, 15) is 9.59 Å². The van der Waals surface area contributed by atoms with Gasteiger partial charge in [-0.25, -0.2) is 4.79 Å². The zero-order valence-electron chi connectivity index (χ0n) is 12.4. The fourth-order valence-electron chi connectivity index (χ4n) is 2.96. The Labute approximate surface area is 120 Å². The van der Waals surface area contributed by atoms with Crippen molar-refractivity contribution in [2.75, 3.05) is 0 Å². The number of hydrogen-bond donors (Lipinski definition) is 3. The van der Waals surface area contributed by atoms with Gasteiger partial charge in [0.2, 0.25) is 0 Å². The molecule has 0 bridgehead atoms. The van der Waals surface area contributed by atoms with Gasteiger partial charge in [-0.1, -0.05) is 13.8 Å². The summed E-state index contributed by atoms with van der Waals surface area (Å²) in [5.41, 5.74) is 0.383. The molecule has 0 saturated heterocycles. The molecule has 0 aromatic carbocycles. The molecule has 5 nitrogen and oxygen atoms in total. The van der Waals surface area contributed by atoms with Crippen LogP contribution < -0.4 is 10.6 Å². The summed E-state index contributed by atoms with van der Waals surface area (Å²) in [6.07, 6.45) is 6.33. The number of urea groups is 1. The molecule has 5 heteroatoms. The first-order valence-electron chi connectivity index (χ1n) is 7.64. The monoisotopic (exact) mass is 282 g/mol. The molecule has 2 saturated carbocycles. The number of rotatable bonds is 5. The molecule has 0 aromatic rings. The topological polar surface area (TPSA) is 78.4 Å². The van der Waals surface area contributed by atoms with Crippen LogP contribution in [0, 0.1) is 11.3 Å². The van der Waals surface area contributed by atoms with E-state index in [4.69, 9.17) is 5.11 Å². The third-order valence-corrected chi connectivity index (χ3v) is 4.58. The number of nitrogens with one attached hydrogen (secondary N) is 2. The highest BCUT2D eigenvalue weighted by atomic mass is 16.4. The Morgan fingerprint density at radius 3 is 2.30 bits per heavy atom. The molecule has 0 aliphatic heterocycles. The van der Waals surface area contributed by atoms with Gasteiger partial charge in [-0.3, -0.25) is 4.79 Å². The number of aliphatic carboxylic acids is 1. The lowest BCUT2D eigenvalue weighted by molar-refractivity contribution is -0.137. The Bertz CT molecular complexity index is 367. The van der Waals surface area contributed by atoms with Crippen LogP contribution in [0.1, 0.15) is 58.8 Å². The number of amides is 2. The Morgan fingerprint density at radius 2 is 1.80 bits per heavy atom. The van der Waals surface area contributed by atoms with Crippen LogP contribution >= 0.6 is 0 Å². The van der Waals surface area contributed by atoms with Crippen LogP contribution in [0.5, 0.6) is 0 Å². The summed E-state index contributed by atoms with van der Waals surface area (Å²) in [4.78, 5) is 22.8. The molecular formula is C15H26N2O3. The van der Waals surface area contributed by atoms with E-state index in [1.54, 1.807) is 0 Å². The Kier molecular flexibility index (Phi) is 4.55. The van der Waals surface area contributed by atoms with Crippen molar-refractivity contribution in [3.63, 3.8) is 0 Å². The zero-order chi connectivity index (χ0) is 14.8. The van der Waals surface area contributed by atoms with Crippen molar-refractivity contribution in [1.29, 1.82) is 0 Å². The molecular weight excluding hydrogens is 256 g/mol. The zero-order valence-corrected chi connectivity index (χ0v) is 12.4. The maximum Gasteiger partial charge on any atom is 0.315 e. The lowest BCUT2D eigenvalue weighted by atomic mass is 9.76. The molecule has 2 amide bonds. The van der Waals surface area contributed by atoms with E-state index >= 15 is 0 Å². The van der Waals surface area contributed by atoms with Crippen LogP contribution in [0.25, 0.3) is 0 Å². The van der Waals surface area contributed by atoms with Crippen LogP contribution in [0.4, 0.5) is 4.79 Å². The third kappa shape index (κ3) is 4.69. The summed E-state index contributed by atoms with van der Waals surface area (Å²) in [7, 11) is 0. The normalized spacial score (nSPS) is 23.9. The molecule has 2 rings (SSSR count). The maximum atomic E-state index is 12.0. The molecule has 0 aromatic heterocycles. The van der Waals surface area contributed by atoms with Gasteiger partial charge in [0.25, 0.3) is 0 Å². The summed E-state index contributed by atoms with van der Waals surface area (Å²) < 4.78 is 0. The summed E-state index contributed by atoms with van der Waals surface area (Å²) in [5.74, 6) is -0.497. The molecule has 114 valence electrons. The van der Waals surface area contributed by atoms with Crippen molar-refractivity contribution in [2.45, 2.75) is 70.9 Å². The smallest absolute Gasteiger partial charge is 0.315 e. The fraction of sp³-hybridized carbons (Fsp3) is 0.867. The second-order valence-corrected chi connectivity index (χ2v) is 7.10. The first-order chi connectivity index (χ1) is 9.35. The number of carbonyl (C=O) groups is 2. The molecule has 20 heavy (non-hydrogen) atoms. The van der Waals surface area contributed by atoms with Crippen molar-refractivity contribution in [3.8, 4) is 0 Å². The van der Waals surface area contributed by atoms with E-state index in [2.05, 4.69) is 24.5 Å². The number of carbonyl (C=O) groups excluding carboxylic acids is 1. The highest BCUT2D eigenvalue weighted by Gasteiger charge is 2.34. The van der Waals surface area contributed by atoms with Gasteiger partial charge in [-0.05, 0) is 49.9 Å². The molecule has 0 radical (unpaired) electrons. The molecule has 2 fully saturated rings. The minimum Gasteiger partial charge on any atom is -0.481 e. The predicted octanol–water partition coefficient (Wildman–Crippen LogP) is 2.51. The lowest BCUT2D eigenvalue weighted by Crippen LogP contribution is -2.48. The highest BCUT2D eigenvalue weighted by molar-refractivity contribution is 5.76. The van der Waals surface area contributed by atoms with E-state index in [1.807, 2.05) is 0 Å². The quantitative estimate of drug-likeness (QED) is 0.725. The molecule has 3 N–H and O–H groups in total. The van der Waals surface area contributed by atoms with Gasteiger partial charge < -0.3 is 15.7 Å². The lowest BCUT2D eigenvalue weighted by Gasteiger charge is -2.34. The second-order valence-electron chi connectivity index (χ2n) is 7.10. The Balaban J connectivity index is 1.75. The van der Waals surface area contributed by atoms with Crippen molar-refractivity contribution in [2.24, 2.45) is 11.3 Å². The first kappa shape index (κ1) is 15.1. The van der Waals surface area contributed by atoms with Crippen molar-refractivity contribution in [1.82, 2.24) is 10.6 Å². The minimum absolute atomic E-state index is 0.0236. The number of carboxylic acids is 1. The average molecular weight is 282 g/mol. The maximum absolute atomic E-state index is 12.0. The van der Waals surface area contributed by atoms with Gasteiger partial charge in [0.15, 0.2) is 0 Å². The minimum atomic E-state index is -0.846. The summed E-state index contributed by atoms with van der Waals surface area (Å²) in [6, 6.07) is -0.187. The largest absolute Gasteiger partial charge is 0.481 e. The fourth-order valence-corrected chi connectivity index (χ4v) is 2.96. The number of hydrogen-bond acceptors (Lipinski definition) is 2. The van der Waals surface area contributed by atoms with E-state index in [-0.39, 0.29) is 24.5 Å². The summed E-state index contributed by atoms with van der Waals surface area (Å²) in [5, 5.41) is 14.7. The van der Waals surface area contributed by atoms with Crippen LogP contribution in [0.2, 0.25) is 0 Å². The standard InChI is InChI=1S/C15H26N2O3/c1-15(2)7-5-11(6-8-15)16-14(20)17-12(9-13(18)19)10-3-4-10/h10-12H,3-9H2,1-2H3,(H,18,19)(H2,16,17,20). The van der Waals surface area contributed by atoms with Gasteiger partial charge in [-0.2, -0.15) is 0 Å². The SMILES string of the molecule is CC1(C)CCC(NC(=O)NC(CC(=O)O)C2CC2)CC1. The van der Waals surface area contributed by atoms with Crippen LogP contribution in [0.3, 0.4) is 0 Å². The van der Waals surface area contributed by atoms with E-state index in [1.165, 1.54) is 0 Å². The third-order valence-electron chi connectivity index (χ3n) is 4.58. The van der Waals surface area contributed by atoms with Gasteiger partial charge in [-0.15, -0.1) is 0 Å². The number of carboxylic acid groups (broad SMARTS) is 1. The van der Waals surface area contributed by atoms with Crippen LogP contribution in [0.15, 0.2) is 0 Å². The van der Waals surface area contributed by atoms with E-state index in [0.717, 1.165) is 38.5 Å². The van der Waals surface area contributed by atoms with Crippen molar-refractivity contribution < 1.29 is 14.7 Å². The van der Waals surface area contributed by atoms with Gasteiger partial charge in [0.1, 0.15) is 0 Å². The molecule has 0 heterocycles. The Hall–Kier alpha value is -1.26. The van der Waals surface area contributed by atoms with Crippen molar-refractivity contribution in [3.05, 3.63) is 0 Å². The molecule has 0 spiro atoms. The average Bonchev–Trinajstić information content (AvgIpc) is 3.14. The molecule has 1 atom stereocenters. The molecule has 1 unspecified atom stereocenters. The Morgan fingerprint density at radius 1 is 1.20 bits per heavy atom. The second kappa shape index (κ2) is 6.02. The summed E-state index contributed by atoms with van der Waals surface area (Å²) >= 11 is 0. The van der Waals surface area contributed by atoms with Gasteiger partial charge in [0.05, 0.1) is 6.42 Å². The predicted molar refractivity (Wildman–Crippen MR) is 76.5 cm³/mol. The van der Waals surface area contributed by atoms with E-state index < -0.39 is 5.97 Å². The van der Waals surface area contributed by atoms with Gasteiger partial charge in [0, 0.05) is 12.1 Å². The van der Waals surface area contributed by atoms with E-state index in [0.29, 0.717) is 11.3 Å². The van der Waals surface area contributed by atoms with Crippen molar-refractivity contribution >= 4 is 12.0 Å². The highest BCUT2D eigenvalue weighted by Crippen LogP contribution is 2.35.